The molecule has 0 unspecified atom stereocenters. The first-order valence-electron chi connectivity index (χ1n) is 3.90. The Morgan fingerprint density at radius 3 is 2.20 bits per heavy atom. The topological polar surface area (TPSA) is 26.0 Å². The van der Waals surface area contributed by atoms with Crippen LogP contribution in [0.1, 0.15) is 17.2 Å². The molecule has 0 spiro atoms. The van der Waals surface area contributed by atoms with Crippen molar-refractivity contribution < 1.29 is 17.6 Å². The maximum absolute atomic E-state index is 13.1. The molecule has 0 saturated heterocycles. The van der Waals surface area contributed by atoms with E-state index in [1.54, 1.807) is 6.92 Å². The zero-order valence-electron chi connectivity index (χ0n) is 7.81. The molecule has 0 aliphatic heterocycles. The van der Waals surface area contributed by atoms with Gasteiger partial charge in [-0.3, -0.25) is 0 Å². The molecule has 2 N–H and O–H groups in total. The molecule has 0 bridgehead atoms. The lowest BCUT2D eigenvalue weighted by atomic mass is 10.0. The monoisotopic (exact) mass is 243 g/mol. The molecule has 86 valence electrons. The van der Waals surface area contributed by atoms with Gasteiger partial charge in [0.05, 0.1) is 0 Å². The van der Waals surface area contributed by atoms with Crippen LogP contribution in [0.4, 0.5) is 17.6 Å². The molecule has 6 heteroatoms. The number of benzene rings is 1. The van der Waals surface area contributed by atoms with E-state index < -0.39 is 23.6 Å². The Morgan fingerprint density at radius 1 is 1.27 bits per heavy atom. The largest absolute Gasteiger partial charge is 0.407 e. The molecule has 1 aromatic carbocycles. The lowest BCUT2D eigenvalue weighted by molar-refractivity contribution is -0.149. The SMILES string of the molecule is Cc1ccc([C@@H](N)C(F)(F)F)c(F)c1.Cl. The van der Waals surface area contributed by atoms with Crippen LogP contribution in [0.5, 0.6) is 0 Å². The van der Waals surface area contributed by atoms with Gasteiger partial charge in [-0.25, -0.2) is 4.39 Å². The Bertz CT molecular complexity index is 337. The van der Waals surface area contributed by atoms with E-state index in [2.05, 4.69) is 0 Å². The summed E-state index contributed by atoms with van der Waals surface area (Å²) in [4.78, 5) is 0. The summed E-state index contributed by atoms with van der Waals surface area (Å²) in [5, 5.41) is 0. The third kappa shape index (κ3) is 3.35. The molecule has 15 heavy (non-hydrogen) atoms. The van der Waals surface area contributed by atoms with Gasteiger partial charge >= 0.3 is 6.18 Å². The van der Waals surface area contributed by atoms with Crippen molar-refractivity contribution in [3.8, 4) is 0 Å². The fourth-order valence-electron chi connectivity index (χ4n) is 1.06. The lowest BCUT2D eigenvalue weighted by Crippen LogP contribution is -2.29. The zero-order valence-corrected chi connectivity index (χ0v) is 8.62. The first-order chi connectivity index (χ1) is 6.32. The van der Waals surface area contributed by atoms with Crippen LogP contribution in [-0.2, 0) is 0 Å². The highest BCUT2D eigenvalue weighted by molar-refractivity contribution is 5.85. The maximum atomic E-state index is 13.1. The number of hydrogen-bond acceptors (Lipinski definition) is 1. The smallest absolute Gasteiger partial charge is 0.316 e. The van der Waals surface area contributed by atoms with E-state index in [9.17, 15) is 17.6 Å². The maximum Gasteiger partial charge on any atom is 0.407 e. The van der Waals surface area contributed by atoms with Gasteiger partial charge in [0.2, 0.25) is 0 Å². The second-order valence-corrected chi connectivity index (χ2v) is 3.04. The van der Waals surface area contributed by atoms with E-state index in [1.165, 1.54) is 6.07 Å². The van der Waals surface area contributed by atoms with E-state index in [0.717, 1.165) is 12.1 Å². The van der Waals surface area contributed by atoms with Gasteiger partial charge in [-0.1, -0.05) is 12.1 Å². The van der Waals surface area contributed by atoms with Crippen LogP contribution in [0, 0.1) is 12.7 Å². The Morgan fingerprint density at radius 2 is 1.80 bits per heavy atom. The van der Waals surface area contributed by atoms with Crippen molar-refractivity contribution in [3.63, 3.8) is 0 Å². The number of alkyl halides is 3. The molecule has 0 fully saturated rings. The molecular formula is C9H10ClF4N. The van der Waals surface area contributed by atoms with Crippen LogP contribution in [0.25, 0.3) is 0 Å². The predicted molar refractivity (Wildman–Crippen MR) is 51.4 cm³/mol. The predicted octanol–water partition coefficient (Wildman–Crippen LogP) is 3.12. The highest BCUT2D eigenvalue weighted by atomic mass is 35.5. The fourth-order valence-corrected chi connectivity index (χ4v) is 1.06. The minimum atomic E-state index is -4.61. The van der Waals surface area contributed by atoms with Gasteiger partial charge in [0.1, 0.15) is 11.9 Å². The van der Waals surface area contributed by atoms with Crippen LogP contribution in [0.15, 0.2) is 18.2 Å². The van der Waals surface area contributed by atoms with Crippen molar-refractivity contribution in [3.05, 3.63) is 35.1 Å². The van der Waals surface area contributed by atoms with Gasteiger partial charge < -0.3 is 5.73 Å². The van der Waals surface area contributed by atoms with Gasteiger partial charge in [-0.05, 0) is 18.6 Å². The van der Waals surface area contributed by atoms with Crippen molar-refractivity contribution >= 4 is 12.4 Å². The molecule has 1 rings (SSSR count). The molecule has 0 amide bonds. The standard InChI is InChI=1S/C9H9F4N.ClH/c1-5-2-3-6(7(10)4-5)8(14)9(11,12)13;/h2-4,8H,14H2,1H3;1H/t8-;/m1./s1. The Hall–Kier alpha value is -0.810. The third-order valence-corrected chi connectivity index (χ3v) is 1.84. The molecular weight excluding hydrogens is 234 g/mol. The van der Waals surface area contributed by atoms with Crippen LogP contribution in [0.3, 0.4) is 0 Å². The summed E-state index contributed by atoms with van der Waals surface area (Å²) in [5.74, 6) is -0.921. The Labute approximate surface area is 90.7 Å². The number of rotatable bonds is 1. The Balaban J connectivity index is 0.00000196. The van der Waals surface area contributed by atoms with Crippen molar-refractivity contribution in [2.75, 3.05) is 0 Å². The number of hydrogen-bond donors (Lipinski definition) is 1. The molecule has 0 aliphatic carbocycles. The minimum Gasteiger partial charge on any atom is -0.316 e. The van der Waals surface area contributed by atoms with E-state index in [1.807, 2.05) is 0 Å². The normalized spacial score (nSPS) is 13.2. The molecule has 0 aromatic heterocycles. The number of nitrogens with two attached hydrogens (primary N) is 1. The van der Waals surface area contributed by atoms with Crippen LogP contribution in [-0.4, -0.2) is 6.18 Å². The van der Waals surface area contributed by atoms with Gasteiger partial charge in [-0.2, -0.15) is 13.2 Å². The molecule has 1 aromatic rings. The average molecular weight is 244 g/mol. The van der Waals surface area contributed by atoms with Crippen molar-refractivity contribution in [1.82, 2.24) is 0 Å². The molecule has 0 heterocycles. The summed E-state index contributed by atoms with van der Waals surface area (Å²) in [5.41, 5.74) is 4.89. The van der Waals surface area contributed by atoms with E-state index in [-0.39, 0.29) is 12.4 Å². The van der Waals surface area contributed by atoms with E-state index in [0.29, 0.717) is 5.56 Å². The molecule has 0 radical (unpaired) electrons. The summed E-state index contributed by atoms with van der Waals surface area (Å²) in [6, 6.07) is 1.22. The van der Waals surface area contributed by atoms with Gasteiger partial charge in [-0.15, -0.1) is 12.4 Å². The summed E-state index contributed by atoms with van der Waals surface area (Å²) < 4.78 is 49.4. The second-order valence-electron chi connectivity index (χ2n) is 3.04. The summed E-state index contributed by atoms with van der Waals surface area (Å²) in [6.45, 7) is 1.59. The number of halogens is 5. The first kappa shape index (κ1) is 14.2. The lowest BCUT2D eigenvalue weighted by Gasteiger charge is -2.16. The highest BCUT2D eigenvalue weighted by Crippen LogP contribution is 2.31. The average Bonchev–Trinajstić information content (AvgIpc) is 2.01. The first-order valence-corrected chi connectivity index (χ1v) is 3.90. The fraction of sp³-hybridized carbons (Fsp3) is 0.333. The van der Waals surface area contributed by atoms with Crippen molar-refractivity contribution in [2.45, 2.75) is 19.1 Å². The second kappa shape index (κ2) is 4.81. The van der Waals surface area contributed by atoms with E-state index >= 15 is 0 Å². The molecule has 0 aliphatic rings. The molecule has 1 nitrogen and oxygen atoms in total. The van der Waals surface area contributed by atoms with Crippen LogP contribution < -0.4 is 5.73 Å². The van der Waals surface area contributed by atoms with Gasteiger partial charge in [0, 0.05) is 5.56 Å². The van der Waals surface area contributed by atoms with Crippen molar-refractivity contribution in [2.24, 2.45) is 5.73 Å². The zero-order chi connectivity index (χ0) is 10.9. The number of aryl methyl sites for hydroxylation is 1. The Kier molecular flexibility index (Phi) is 4.55. The van der Waals surface area contributed by atoms with Gasteiger partial charge in [0.15, 0.2) is 0 Å². The van der Waals surface area contributed by atoms with Gasteiger partial charge in [0.25, 0.3) is 0 Å². The minimum absolute atomic E-state index is 0. The quantitative estimate of drug-likeness (QED) is 0.754. The third-order valence-electron chi connectivity index (χ3n) is 1.84. The van der Waals surface area contributed by atoms with Crippen LogP contribution >= 0.6 is 12.4 Å². The summed E-state index contributed by atoms with van der Waals surface area (Å²) in [7, 11) is 0. The van der Waals surface area contributed by atoms with Crippen LogP contribution in [0.2, 0.25) is 0 Å². The molecule has 1 atom stereocenters. The highest BCUT2D eigenvalue weighted by Gasteiger charge is 2.39. The summed E-state index contributed by atoms with van der Waals surface area (Å²) >= 11 is 0. The molecule has 0 saturated carbocycles. The van der Waals surface area contributed by atoms with E-state index in [4.69, 9.17) is 5.73 Å². The summed E-state index contributed by atoms with van der Waals surface area (Å²) in [6.07, 6.45) is -4.61. The van der Waals surface area contributed by atoms with Crippen molar-refractivity contribution in [1.29, 1.82) is 0 Å².